The molecule has 6 heavy (non-hydrogen) atoms. The molecule has 0 saturated carbocycles. The van der Waals surface area contributed by atoms with Crippen molar-refractivity contribution < 1.29 is 17.9 Å². The van der Waals surface area contributed by atoms with Gasteiger partial charge in [-0.25, -0.2) is 0 Å². The van der Waals surface area contributed by atoms with Gasteiger partial charge in [0, 0.05) is 0 Å². The summed E-state index contributed by atoms with van der Waals surface area (Å²) in [6, 6.07) is 0. The van der Waals surface area contributed by atoms with Crippen LogP contribution in [-0.2, 0) is 17.9 Å². The standard InChI is InChI=1S/C5H6.Zn/c1-3-5-4-2;/h1,3-5H,2H2;/b5-3-;. The van der Waals surface area contributed by atoms with Gasteiger partial charge >= 0.3 is 47.3 Å². The molecule has 0 fully saturated rings. The Morgan fingerprint density at radius 2 is 2.00 bits per heavy atom. The van der Waals surface area contributed by atoms with E-state index in [0.29, 0.717) is 0 Å². The number of allylic oxidation sites excluding steroid dienone is 3. The van der Waals surface area contributed by atoms with Crippen molar-refractivity contribution in [2.24, 2.45) is 0 Å². The summed E-state index contributed by atoms with van der Waals surface area (Å²) >= 11 is 1.23. The Morgan fingerprint density at radius 3 is 2.17 bits per heavy atom. The first-order valence-corrected chi connectivity index (χ1v) is 3.53. The normalized spacial score (nSPS) is 9.00. The Hall–Kier alpha value is -0.0266. The molecule has 0 bridgehead atoms. The average molecular weight is 131 g/mol. The van der Waals surface area contributed by atoms with E-state index in [1.54, 1.807) is 6.08 Å². The van der Waals surface area contributed by atoms with Gasteiger partial charge in [-0.15, -0.1) is 0 Å². The monoisotopic (exact) mass is 130 g/mol. The van der Waals surface area contributed by atoms with Crippen molar-refractivity contribution in [3.8, 4) is 0 Å². The van der Waals surface area contributed by atoms with E-state index < -0.39 is 0 Å². The van der Waals surface area contributed by atoms with Crippen LogP contribution in [0.25, 0.3) is 0 Å². The molecule has 0 aromatic heterocycles. The Labute approximate surface area is 47.8 Å². The molecule has 0 atom stereocenters. The van der Waals surface area contributed by atoms with Crippen LogP contribution < -0.4 is 0 Å². The van der Waals surface area contributed by atoms with E-state index in [-0.39, 0.29) is 0 Å². The molecule has 0 radical (unpaired) electrons. The molecule has 0 aromatic carbocycles. The number of rotatable bonds is 2. The molecule has 0 N–H and O–H groups in total. The summed E-state index contributed by atoms with van der Waals surface area (Å²) in [6.45, 7) is 3.51. The molecule has 28 valence electrons. The van der Waals surface area contributed by atoms with Gasteiger partial charge in [-0.2, -0.15) is 0 Å². The summed E-state index contributed by atoms with van der Waals surface area (Å²) in [4.78, 5) is 0. The molecule has 0 aliphatic heterocycles. The van der Waals surface area contributed by atoms with Crippen LogP contribution in [0.1, 0.15) is 0 Å². The SMILES string of the molecule is C=C/C=C\[CH]=[Zn]. The van der Waals surface area contributed by atoms with Gasteiger partial charge < -0.3 is 0 Å². The van der Waals surface area contributed by atoms with Crippen molar-refractivity contribution in [1.82, 2.24) is 0 Å². The molecule has 0 unspecified atom stereocenters. The van der Waals surface area contributed by atoms with Crippen molar-refractivity contribution in [2.75, 3.05) is 0 Å². The first kappa shape index (κ1) is 5.97. The van der Waals surface area contributed by atoms with Crippen molar-refractivity contribution in [1.29, 1.82) is 0 Å². The molecule has 0 aliphatic carbocycles. The summed E-state index contributed by atoms with van der Waals surface area (Å²) in [5.74, 6) is 0. The van der Waals surface area contributed by atoms with E-state index in [4.69, 9.17) is 0 Å². The Morgan fingerprint density at radius 1 is 1.33 bits per heavy atom. The maximum atomic E-state index is 3.51. The third-order valence-corrected chi connectivity index (χ3v) is 0.954. The minimum atomic E-state index is 1.23. The molecule has 0 nitrogen and oxygen atoms in total. The fraction of sp³-hybridized carbons (Fsp3) is 0. The van der Waals surface area contributed by atoms with E-state index in [2.05, 4.69) is 11.2 Å². The number of hydrogen-bond donors (Lipinski definition) is 0. The zero-order valence-electron chi connectivity index (χ0n) is 3.72. The Bertz CT molecular complexity index is 62.0. The van der Waals surface area contributed by atoms with Gasteiger partial charge in [-0.05, 0) is 0 Å². The summed E-state index contributed by atoms with van der Waals surface area (Å²) in [5.41, 5.74) is 0. The second-order valence-corrected chi connectivity index (χ2v) is 1.85. The topological polar surface area (TPSA) is 0 Å². The average Bonchev–Trinajstić information content (AvgIpc) is 1.61. The fourth-order valence-corrected chi connectivity index (χ4v) is 0.487. The van der Waals surface area contributed by atoms with Gasteiger partial charge in [0.2, 0.25) is 0 Å². The molecule has 0 rings (SSSR count). The minimum absolute atomic E-state index is 1.23. The van der Waals surface area contributed by atoms with Gasteiger partial charge in [-0.3, -0.25) is 0 Å². The van der Waals surface area contributed by atoms with Gasteiger partial charge in [-0.1, -0.05) is 0 Å². The van der Waals surface area contributed by atoms with Gasteiger partial charge in [0.1, 0.15) is 0 Å². The fourth-order valence-electron chi connectivity index (χ4n) is 0.157. The Balaban J connectivity index is 3.17. The van der Waals surface area contributed by atoms with E-state index in [9.17, 15) is 0 Å². The van der Waals surface area contributed by atoms with E-state index in [1.165, 1.54) is 17.9 Å². The summed E-state index contributed by atoms with van der Waals surface area (Å²) in [7, 11) is 0. The molecular weight excluding hydrogens is 125 g/mol. The molecule has 0 saturated heterocycles. The van der Waals surface area contributed by atoms with Crippen molar-refractivity contribution >= 4 is 4.61 Å². The van der Waals surface area contributed by atoms with E-state index in [0.717, 1.165) is 0 Å². The van der Waals surface area contributed by atoms with Crippen LogP contribution >= 0.6 is 0 Å². The predicted molar refractivity (Wildman–Crippen MR) is 25.4 cm³/mol. The van der Waals surface area contributed by atoms with Crippen LogP contribution in [0.5, 0.6) is 0 Å². The van der Waals surface area contributed by atoms with Crippen molar-refractivity contribution in [3.05, 3.63) is 24.8 Å². The van der Waals surface area contributed by atoms with Crippen LogP contribution in [0.3, 0.4) is 0 Å². The van der Waals surface area contributed by atoms with Crippen molar-refractivity contribution in [3.63, 3.8) is 0 Å². The van der Waals surface area contributed by atoms with Gasteiger partial charge in [0.25, 0.3) is 0 Å². The quantitative estimate of drug-likeness (QED) is 0.389. The first-order chi connectivity index (χ1) is 2.91. The van der Waals surface area contributed by atoms with Crippen LogP contribution in [-0.4, -0.2) is 4.61 Å². The second kappa shape index (κ2) is 4.97. The number of hydrogen-bond acceptors (Lipinski definition) is 0. The maximum absolute atomic E-state index is 3.51. The molecule has 0 heterocycles. The van der Waals surface area contributed by atoms with Crippen LogP contribution in [0.4, 0.5) is 0 Å². The van der Waals surface area contributed by atoms with Gasteiger partial charge in [0.05, 0.1) is 0 Å². The molecule has 0 aromatic rings. The van der Waals surface area contributed by atoms with Crippen LogP contribution in [0.15, 0.2) is 24.8 Å². The summed E-state index contributed by atoms with van der Waals surface area (Å²) in [6.07, 6.45) is 5.68. The summed E-state index contributed by atoms with van der Waals surface area (Å²) in [5, 5.41) is 0. The van der Waals surface area contributed by atoms with Crippen LogP contribution in [0, 0.1) is 0 Å². The molecule has 0 amide bonds. The van der Waals surface area contributed by atoms with E-state index in [1.807, 2.05) is 12.2 Å². The molecular formula is C5H6Zn. The summed E-state index contributed by atoms with van der Waals surface area (Å²) < 4.78 is 2.08. The predicted octanol–water partition coefficient (Wildman–Crippen LogP) is 1.08. The molecule has 0 spiro atoms. The second-order valence-electron chi connectivity index (χ2n) is 0.856. The zero-order valence-corrected chi connectivity index (χ0v) is 6.69. The van der Waals surface area contributed by atoms with E-state index >= 15 is 0 Å². The molecule has 1 heteroatoms. The first-order valence-electron chi connectivity index (χ1n) is 1.82. The van der Waals surface area contributed by atoms with Crippen molar-refractivity contribution in [2.45, 2.75) is 0 Å². The van der Waals surface area contributed by atoms with Crippen LogP contribution in [0.2, 0.25) is 0 Å². The van der Waals surface area contributed by atoms with Gasteiger partial charge in [0.15, 0.2) is 0 Å². The molecule has 0 aliphatic rings. The zero-order chi connectivity index (χ0) is 4.83. The Kier molecular flexibility index (Phi) is 4.95. The third-order valence-electron chi connectivity index (χ3n) is 0.383. The third kappa shape index (κ3) is 3.97.